The molecule has 88 valence electrons. The van der Waals surface area contributed by atoms with Crippen LogP contribution in [0.25, 0.3) is 0 Å². The van der Waals surface area contributed by atoms with Crippen molar-refractivity contribution in [2.75, 3.05) is 11.5 Å². The highest BCUT2D eigenvalue weighted by Gasteiger charge is 2.17. The molecule has 0 aliphatic carbocycles. The average molecular weight is 243 g/mol. The van der Waals surface area contributed by atoms with Crippen molar-refractivity contribution >= 4 is 22.7 Å². The monoisotopic (exact) mass is 243 g/mol. The van der Waals surface area contributed by atoms with Gasteiger partial charge >= 0.3 is 5.97 Å². The molecule has 16 heavy (non-hydrogen) atoms. The van der Waals surface area contributed by atoms with Gasteiger partial charge in [0.25, 0.3) is 0 Å². The van der Waals surface area contributed by atoms with Gasteiger partial charge in [0.05, 0.1) is 5.75 Å². The van der Waals surface area contributed by atoms with Gasteiger partial charge in [-0.1, -0.05) is 12.1 Å². The first-order valence-corrected chi connectivity index (χ1v) is 5.86. The summed E-state index contributed by atoms with van der Waals surface area (Å²) in [7, 11) is 0. The minimum absolute atomic E-state index is 0.149. The zero-order valence-corrected chi connectivity index (χ0v) is 9.57. The SMILES string of the molecule is CC(=O)OC(CS(=O)O)c1ccc(N)cc1. The number of nitrogens with two attached hydrogens (primary N) is 1. The Morgan fingerprint density at radius 2 is 2.06 bits per heavy atom. The summed E-state index contributed by atoms with van der Waals surface area (Å²) < 4.78 is 24.5. The van der Waals surface area contributed by atoms with Gasteiger partial charge in [0.15, 0.2) is 11.1 Å². The van der Waals surface area contributed by atoms with Gasteiger partial charge in [0.2, 0.25) is 0 Å². The highest BCUT2D eigenvalue weighted by molar-refractivity contribution is 7.79. The Hall–Kier alpha value is -1.40. The predicted molar refractivity (Wildman–Crippen MR) is 61.0 cm³/mol. The zero-order chi connectivity index (χ0) is 12.1. The number of carbonyl (C=O) groups is 1. The molecule has 1 aromatic carbocycles. The first-order chi connectivity index (χ1) is 7.49. The van der Waals surface area contributed by atoms with Crippen LogP contribution < -0.4 is 5.73 Å². The molecule has 2 unspecified atom stereocenters. The molecule has 0 aliphatic rings. The Balaban J connectivity index is 2.86. The second-order valence-corrected chi connectivity index (χ2v) is 4.23. The fraction of sp³-hybridized carbons (Fsp3) is 0.300. The lowest BCUT2D eigenvalue weighted by Crippen LogP contribution is -2.15. The molecule has 0 spiro atoms. The molecule has 0 aliphatic heterocycles. The van der Waals surface area contributed by atoms with Crippen LogP contribution in [0.4, 0.5) is 5.69 Å². The summed E-state index contributed by atoms with van der Waals surface area (Å²) in [5.41, 5.74) is 6.74. The molecule has 0 heterocycles. The third-order valence-corrected chi connectivity index (χ3v) is 2.50. The van der Waals surface area contributed by atoms with Gasteiger partial charge in [-0.25, -0.2) is 4.21 Å². The molecular formula is C10H13NO4S. The summed E-state index contributed by atoms with van der Waals surface area (Å²) in [5.74, 6) is -0.643. The lowest BCUT2D eigenvalue weighted by atomic mass is 10.1. The van der Waals surface area contributed by atoms with Gasteiger partial charge in [-0.2, -0.15) is 0 Å². The van der Waals surface area contributed by atoms with E-state index in [4.69, 9.17) is 15.0 Å². The molecule has 1 rings (SSSR count). The fourth-order valence-electron chi connectivity index (χ4n) is 1.24. The van der Waals surface area contributed by atoms with Crippen LogP contribution in [0.2, 0.25) is 0 Å². The number of ether oxygens (including phenoxy) is 1. The molecule has 0 radical (unpaired) electrons. The number of rotatable bonds is 4. The molecule has 5 nitrogen and oxygen atoms in total. The van der Waals surface area contributed by atoms with E-state index in [0.29, 0.717) is 11.3 Å². The van der Waals surface area contributed by atoms with Crippen LogP contribution in [-0.2, 0) is 20.6 Å². The maximum Gasteiger partial charge on any atom is 0.303 e. The largest absolute Gasteiger partial charge is 0.457 e. The van der Waals surface area contributed by atoms with Crippen molar-refractivity contribution in [1.29, 1.82) is 0 Å². The van der Waals surface area contributed by atoms with E-state index in [9.17, 15) is 9.00 Å². The highest BCUT2D eigenvalue weighted by Crippen LogP contribution is 2.19. The van der Waals surface area contributed by atoms with Crippen molar-refractivity contribution in [3.8, 4) is 0 Å². The minimum Gasteiger partial charge on any atom is -0.457 e. The number of carbonyl (C=O) groups excluding carboxylic acids is 1. The maximum atomic E-state index is 10.8. The maximum absolute atomic E-state index is 10.8. The van der Waals surface area contributed by atoms with Gasteiger partial charge in [-0.15, -0.1) is 0 Å². The van der Waals surface area contributed by atoms with Crippen LogP contribution in [0.1, 0.15) is 18.6 Å². The fourth-order valence-corrected chi connectivity index (χ4v) is 1.76. The second kappa shape index (κ2) is 5.62. The van der Waals surface area contributed by atoms with Crippen LogP contribution in [0.15, 0.2) is 24.3 Å². The van der Waals surface area contributed by atoms with Gasteiger partial charge in [-0.05, 0) is 17.7 Å². The number of esters is 1. The van der Waals surface area contributed by atoms with Crippen molar-refractivity contribution in [3.05, 3.63) is 29.8 Å². The number of anilines is 1. The van der Waals surface area contributed by atoms with E-state index in [1.165, 1.54) is 6.92 Å². The van der Waals surface area contributed by atoms with Gasteiger partial charge < -0.3 is 15.0 Å². The van der Waals surface area contributed by atoms with E-state index in [1.54, 1.807) is 24.3 Å². The summed E-state index contributed by atoms with van der Waals surface area (Å²) >= 11 is -2.03. The van der Waals surface area contributed by atoms with Crippen molar-refractivity contribution < 1.29 is 18.3 Å². The Morgan fingerprint density at radius 3 is 2.50 bits per heavy atom. The van der Waals surface area contributed by atoms with Gasteiger partial charge in [-0.3, -0.25) is 4.79 Å². The van der Waals surface area contributed by atoms with Gasteiger partial charge in [0.1, 0.15) is 6.10 Å². The molecule has 6 heteroatoms. The number of benzene rings is 1. The quantitative estimate of drug-likeness (QED) is 0.469. The lowest BCUT2D eigenvalue weighted by Gasteiger charge is -2.15. The Morgan fingerprint density at radius 1 is 1.50 bits per heavy atom. The first kappa shape index (κ1) is 12.7. The van der Waals surface area contributed by atoms with E-state index < -0.39 is 23.2 Å². The number of hydrogen-bond acceptors (Lipinski definition) is 4. The van der Waals surface area contributed by atoms with Crippen LogP contribution in [0.3, 0.4) is 0 Å². The Labute approximate surface area is 95.9 Å². The van der Waals surface area contributed by atoms with E-state index in [0.717, 1.165) is 0 Å². The summed E-state index contributed by atoms with van der Waals surface area (Å²) in [6.45, 7) is 1.25. The molecule has 2 atom stereocenters. The molecular weight excluding hydrogens is 230 g/mol. The number of hydrogen-bond donors (Lipinski definition) is 2. The minimum atomic E-state index is -2.03. The summed E-state index contributed by atoms with van der Waals surface area (Å²) in [6.07, 6.45) is -0.719. The average Bonchev–Trinajstić information content (AvgIpc) is 2.16. The van der Waals surface area contributed by atoms with E-state index in [-0.39, 0.29) is 5.75 Å². The van der Waals surface area contributed by atoms with Crippen molar-refractivity contribution in [2.24, 2.45) is 0 Å². The second-order valence-electron chi connectivity index (χ2n) is 3.25. The van der Waals surface area contributed by atoms with Crippen LogP contribution >= 0.6 is 0 Å². The molecule has 3 N–H and O–H groups in total. The van der Waals surface area contributed by atoms with Crippen molar-refractivity contribution in [3.63, 3.8) is 0 Å². The molecule has 0 aromatic heterocycles. The van der Waals surface area contributed by atoms with Crippen molar-refractivity contribution in [1.82, 2.24) is 0 Å². The number of nitrogen functional groups attached to an aromatic ring is 1. The summed E-state index contributed by atoms with van der Waals surface area (Å²) in [4.78, 5) is 10.8. The van der Waals surface area contributed by atoms with Gasteiger partial charge in [0, 0.05) is 12.6 Å². The van der Waals surface area contributed by atoms with E-state index in [1.807, 2.05) is 0 Å². The first-order valence-electron chi connectivity index (χ1n) is 4.59. The third kappa shape index (κ3) is 4.00. The Bertz CT molecular complexity index is 374. The van der Waals surface area contributed by atoms with Crippen LogP contribution in [0, 0.1) is 0 Å². The lowest BCUT2D eigenvalue weighted by molar-refractivity contribution is -0.145. The molecule has 0 saturated heterocycles. The zero-order valence-electron chi connectivity index (χ0n) is 8.75. The summed E-state index contributed by atoms with van der Waals surface area (Å²) in [5, 5.41) is 0. The molecule has 0 fully saturated rings. The van der Waals surface area contributed by atoms with E-state index >= 15 is 0 Å². The standard InChI is InChI=1S/C10H13NO4S/c1-7(12)15-10(6-16(13)14)8-2-4-9(11)5-3-8/h2-5,10H,6,11H2,1H3,(H,13,14). The molecule has 1 aromatic rings. The van der Waals surface area contributed by atoms with Crippen LogP contribution in [0.5, 0.6) is 0 Å². The molecule has 0 saturated carbocycles. The normalized spacial score (nSPS) is 14.1. The topological polar surface area (TPSA) is 89.6 Å². The van der Waals surface area contributed by atoms with Crippen LogP contribution in [-0.4, -0.2) is 20.5 Å². The smallest absolute Gasteiger partial charge is 0.303 e. The summed E-state index contributed by atoms with van der Waals surface area (Å²) in [6, 6.07) is 6.61. The van der Waals surface area contributed by atoms with Crippen molar-refractivity contribution in [2.45, 2.75) is 13.0 Å². The highest BCUT2D eigenvalue weighted by atomic mass is 32.2. The van der Waals surface area contributed by atoms with E-state index in [2.05, 4.69) is 0 Å². The molecule has 0 amide bonds. The predicted octanol–water partition coefficient (Wildman–Crippen LogP) is 1.09. The molecule has 0 bridgehead atoms. The Kier molecular flexibility index (Phi) is 4.45. The third-order valence-electron chi connectivity index (χ3n) is 1.91.